The average molecular weight is 267 g/mol. The molecule has 0 saturated heterocycles. The maximum absolute atomic E-state index is 12.1. The standard InChI is InChI=1S/C16H13NO3/c18-15-9-12-5-1-2-7-14(12)17(15)10-11-4-3-6-13(8-11)16(19)20/h1-8H,9-10H2,(H,19,20). The molecular weight excluding hydrogens is 254 g/mol. The molecule has 2 aromatic rings. The van der Waals surface area contributed by atoms with Crippen molar-refractivity contribution in [2.24, 2.45) is 0 Å². The Labute approximate surface area is 116 Å². The summed E-state index contributed by atoms with van der Waals surface area (Å²) in [5.74, 6) is -0.910. The van der Waals surface area contributed by atoms with Gasteiger partial charge in [-0.05, 0) is 29.3 Å². The Balaban J connectivity index is 1.90. The van der Waals surface area contributed by atoms with Crippen LogP contribution in [0.1, 0.15) is 21.5 Å². The zero-order valence-electron chi connectivity index (χ0n) is 10.7. The van der Waals surface area contributed by atoms with Crippen LogP contribution in [0, 0.1) is 0 Å². The first-order chi connectivity index (χ1) is 9.65. The number of benzene rings is 2. The van der Waals surface area contributed by atoms with Crippen LogP contribution in [0.3, 0.4) is 0 Å². The molecule has 0 aromatic heterocycles. The lowest BCUT2D eigenvalue weighted by Crippen LogP contribution is -2.26. The third-order valence-electron chi connectivity index (χ3n) is 3.44. The number of para-hydroxylation sites is 1. The van der Waals surface area contributed by atoms with Gasteiger partial charge in [-0.15, -0.1) is 0 Å². The van der Waals surface area contributed by atoms with E-state index in [4.69, 9.17) is 5.11 Å². The number of carbonyl (C=O) groups excluding carboxylic acids is 1. The van der Waals surface area contributed by atoms with Gasteiger partial charge >= 0.3 is 5.97 Å². The molecule has 1 N–H and O–H groups in total. The van der Waals surface area contributed by atoms with Gasteiger partial charge in [-0.3, -0.25) is 4.79 Å². The van der Waals surface area contributed by atoms with Gasteiger partial charge in [-0.2, -0.15) is 0 Å². The van der Waals surface area contributed by atoms with Crippen molar-refractivity contribution in [2.75, 3.05) is 4.90 Å². The minimum absolute atomic E-state index is 0.0481. The van der Waals surface area contributed by atoms with Gasteiger partial charge in [-0.1, -0.05) is 30.3 Å². The van der Waals surface area contributed by atoms with Crippen LogP contribution in [0.15, 0.2) is 48.5 Å². The fourth-order valence-corrected chi connectivity index (χ4v) is 2.47. The number of carboxylic acids is 1. The molecule has 3 rings (SSSR count). The van der Waals surface area contributed by atoms with Gasteiger partial charge in [0.25, 0.3) is 0 Å². The molecule has 0 spiro atoms. The predicted octanol–water partition coefficient (Wildman–Crippen LogP) is 2.47. The van der Waals surface area contributed by atoms with Crippen LogP contribution in [-0.4, -0.2) is 17.0 Å². The van der Waals surface area contributed by atoms with Crippen molar-refractivity contribution < 1.29 is 14.7 Å². The van der Waals surface area contributed by atoms with E-state index in [9.17, 15) is 9.59 Å². The molecule has 0 saturated carbocycles. The lowest BCUT2D eigenvalue weighted by atomic mass is 10.1. The van der Waals surface area contributed by atoms with Gasteiger partial charge in [0.1, 0.15) is 0 Å². The first-order valence-corrected chi connectivity index (χ1v) is 6.35. The highest BCUT2D eigenvalue weighted by Crippen LogP contribution is 2.29. The highest BCUT2D eigenvalue weighted by atomic mass is 16.4. The second kappa shape index (κ2) is 4.81. The van der Waals surface area contributed by atoms with Gasteiger partial charge in [0.05, 0.1) is 18.5 Å². The minimum atomic E-state index is -0.958. The van der Waals surface area contributed by atoms with E-state index in [1.165, 1.54) is 0 Å². The Bertz CT molecular complexity index is 694. The molecule has 0 aliphatic carbocycles. The third-order valence-corrected chi connectivity index (χ3v) is 3.44. The van der Waals surface area contributed by atoms with Crippen LogP contribution in [-0.2, 0) is 17.8 Å². The minimum Gasteiger partial charge on any atom is -0.478 e. The van der Waals surface area contributed by atoms with Gasteiger partial charge in [0, 0.05) is 5.69 Å². The molecule has 4 heteroatoms. The van der Waals surface area contributed by atoms with E-state index >= 15 is 0 Å². The maximum Gasteiger partial charge on any atom is 0.335 e. The summed E-state index contributed by atoms with van der Waals surface area (Å²) in [5, 5.41) is 9.00. The summed E-state index contributed by atoms with van der Waals surface area (Å²) in [4.78, 5) is 24.7. The number of nitrogens with zero attached hydrogens (tertiary/aromatic N) is 1. The smallest absolute Gasteiger partial charge is 0.335 e. The van der Waals surface area contributed by atoms with E-state index in [1.807, 2.05) is 30.3 Å². The van der Waals surface area contributed by atoms with E-state index in [1.54, 1.807) is 23.1 Å². The summed E-state index contributed by atoms with van der Waals surface area (Å²) in [7, 11) is 0. The molecule has 0 fully saturated rings. The lowest BCUT2D eigenvalue weighted by Gasteiger charge is -2.17. The van der Waals surface area contributed by atoms with E-state index < -0.39 is 5.97 Å². The summed E-state index contributed by atoms with van der Waals surface area (Å²) >= 11 is 0. The molecule has 4 nitrogen and oxygen atoms in total. The van der Waals surface area contributed by atoms with Gasteiger partial charge in [0.2, 0.25) is 5.91 Å². The largest absolute Gasteiger partial charge is 0.478 e. The topological polar surface area (TPSA) is 57.6 Å². The molecule has 0 unspecified atom stereocenters. The van der Waals surface area contributed by atoms with Crippen LogP contribution in [0.4, 0.5) is 5.69 Å². The number of aromatic carboxylic acids is 1. The van der Waals surface area contributed by atoms with Gasteiger partial charge < -0.3 is 10.0 Å². The zero-order valence-corrected chi connectivity index (χ0v) is 10.7. The lowest BCUT2D eigenvalue weighted by molar-refractivity contribution is -0.117. The van der Waals surface area contributed by atoms with Crippen molar-refractivity contribution in [2.45, 2.75) is 13.0 Å². The predicted molar refractivity (Wildman–Crippen MR) is 74.7 cm³/mol. The van der Waals surface area contributed by atoms with Crippen molar-refractivity contribution >= 4 is 17.6 Å². The summed E-state index contributed by atoms with van der Waals surface area (Å²) in [6, 6.07) is 14.4. The molecule has 100 valence electrons. The number of carboxylic acid groups (broad SMARTS) is 1. The van der Waals surface area contributed by atoms with Crippen LogP contribution >= 0.6 is 0 Å². The summed E-state index contributed by atoms with van der Waals surface area (Å²) in [6.45, 7) is 0.400. The number of hydrogen-bond acceptors (Lipinski definition) is 2. The first-order valence-electron chi connectivity index (χ1n) is 6.35. The number of rotatable bonds is 3. The van der Waals surface area contributed by atoms with Crippen LogP contribution in [0.2, 0.25) is 0 Å². The fraction of sp³-hybridized carbons (Fsp3) is 0.125. The SMILES string of the molecule is O=C(O)c1cccc(CN2C(=O)Cc3ccccc32)c1. The highest BCUT2D eigenvalue weighted by molar-refractivity contribution is 6.01. The number of amides is 1. The maximum atomic E-state index is 12.1. The first kappa shape index (κ1) is 12.4. The molecule has 20 heavy (non-hydrogen) atoms. The number of hydrogen-bond donors (Lipinski definition) is 1. The number of anilines is 1. The summed E-state index contributed by atoms with van der Waals surface area (Å²) < 4.78 is 0. The quantitative estimate of drug-likeness (QED) is 0.929. The Kier molecular flexibility index (Phi) is 2.99. The van der Waals surface area contributed by atoms with Crippen molar-refractivity contribution in [3.63, 3.8) is 0 Å². The molecule has 0 radical (unpaired) electrons. The molecule has 0 atom stereocenters. The van der Waals surface area contributed by atoms with Crippen LogP contribution in [0.5, 0.6) is 0 Å². The van der Waals surface area contributed by atoms with Crippen LogP contribution < -0.4 is 4.90 Å². The van der Waals surface area contributed by atoms with E-state index in [0.29, 0.717) is 13.0 Å². The molecule has 1 aliphatic rings. The van der Waals surface area contributed by atoms with Crippen molar-refractivity contribution in [3.8, 4) is 0 Å². The second-order valence-electron chi connectivity index (χ2n) is 4.79. The third kappa shape index (κ3) is 2.16. The molecule has 2 aromatic carbocycles. The van der Waals surface area contributed by atoms with Gasteiger partial charge in [0.15, 0.2) is 0 Å². The normalized spacial score (nSPS) is 13.4. The van der Waals surface area contributed by atoms with E-state index in [0.717, 1.165) is 16.8 Å². The molecule has 1 amide bonds. The van der Waals surface area contributed by atoms with E-state index in [-0.39, 0.29) is 11.5 Å². The average Bonchev–Trinajstić information content (AvgIpc) is 2.76. The zero-order chi connectivity index (χ0) is 14.1. The Hall–Kier alpha value is -2.62. The van der Waals surface area contributed by atoms with Crippen LogP contribution in [0.25, 0.3) is 0 Å². The van der Waals surface area contributed by atoms with Crippen molar-refractivity contribution in [3.05, 3.63) is 65.2 Å². The van der Waals surface area contributed by atoms with Gasteiger partial charge in [-0.25, -0.2) is 4.79 Å². The Morgan fingerprint density at radius 1 is 1.15 bits per heavy atom. The monoisotopic (exact) mass is 267 g/mol. The molecule has 0 bridgehead atoms. The second-order valence-corrected chi connectivity index (χ2v) is 4.79. The number of fused-ring (bicyclic) bond motifs is 1. The van der Waals surface area contributed by atoms with Crippen molar-refractivity contribution in [1.29, 1.82) is 0 Å². The molecule has 1 aliphatic heterocycles. The Morgan fingerprint density at radius 3 is 2.75 bits per heavy atom. The number of carbonyl (C=O) groups is 2. The Morgan fingerprint density at radius 2 is 1.95 bits per heavy atom. The fourth-order valence-electron chi connectivity index (χ4n) is 2.47. The molecule has 1 heterocycles. The molecular formula is C16H13NO3. The summed E-state index contributed by atoms with van der Waals surface area (Å²) in [5.41, 5.74) is 2.99. The van der Waals surface area contributed by atoms with Crippen molar-refractivity contribution in [1.82, 2.24) is 0 Å². The van der Waals surface area contributed by atoms with E-state index in [2.05, 4.69) is 0 Å². The summed E-state index contributed by atoms with van der Waals surface area (Å²) in [6.07, 6.45) is 0.412. The highest BCUT2D eigenvalue weighted by Gasteiger charge is 2.26.